The Hall–Kier alpha value is -2.04. The molecule has 0 atom stereocenters. The summed E-state index contributed by atoms with van der Waals surface area (Å²) in [5.74, 6) is -0.0220. The lowest BCUT2D eigenvalue weighted by molar-refractivity contribution is -0.139. The zero-order valence-electron chi connectivity index (χ0n) is 9.98. The third-order valence-electron chi connectivity index (χ3n) is 2.24. The van der Waals surface area contributed by atoms with Gasteiger partial charge >= 0.3 is 5.97 Å². The van der Waals surface area contributed by atoms with Crippen molar-refractivity contribution in [2.75, 3.05) is 21.3 Å². The van der Waals surface area contributed by atoms with Crippen molar-refractivity contribution in [1.82, 2.24) is 0 Å². The second-order valence-corrected chi connectivity index (χ2v) is 3.24. The number of hydrogen-bond donors (Lipinski definition) is 0. The molecule has 0 aliphatic heterocycles. The van der Waals surface area contributed by atoms with Crippen LogP contribution in [0.25, 0.3) is 0 Å². The average Bonchev–Trinajstić information content (AvgIpc) is 2.37. The minimum atomic E-state index is -0.583. The van der Waals surface area contributed by atoms with Crippen LogP contribution in [-0.2, 0) is 9.53 Å². The molecule has 0 amide bonds. The number of ketones is 1. The second kappa shape index (κ2) is 5.89. The molecule has 0 fully saturated rings. The van der Waals surface area contributed by atoms with E-state index in [0.29, 0.717) is 17.1 Å². The molecule has 92 valence electrons. The van der Waals surface area contributed by atoms with E-state index in [2.05, 4.69) is 4.74 Å². The summed E-state index contributed by atoms with van der Waals surface area (Å²) in [6.45, 7) is 0. The Morgan fingerprint density at radius 2 is 1.82 bits per heavy atom. The Labute approximate surface area is 99.3 Å². The number of hydrogen-bond acceptors (Lipinski definition) is 5. The summed E-state index contributed by atoms with van der Waals surface area (Å²) < 4.78 is 14.5. The fraction of sp³-hybridized carbons (Fsp3) is 0.333. The molecule has 0 unspecified atom stereocenters. The number of Topliss-reactive ketones (excluding diaryl/α,β-unsaturated/α-hetero) is 1. The zero-order valence-corrected chi connectivity index (χ0v) is 9.98. The summed E-state index contributed by atoms with van der Waals surface area (Å²) in [7, 11) is 4.19. The van der Waals surface area contributed by atoms with Crippen LogP contribution in [0.2, 0.25) is 0 Å². The molecule has 0 saturated carbocycles. The lowest BCUT2D eigenvalue weighted by Crippen LogP contribution is -2.10. The predicted octanol–water partition coefficient (Wildman–Crippen LogP) is 1.45. The monoisotopic (exact) mass is 238 g/mol. The minimum Gasteiger partial charge on any atom is -0.497 e. The standard InChI is InChI=1S/C12H14O5/c1-15-8-4-5-11(16-2)9(6-8)10(13)7-12(14)17-3/h4-6H,7H2,1-3H3. The third kappa shape index (κ3) is 3.21. The molecule has 5 nitrogen and oxygen atoms in total. The number of ether oxygens (including phenoxy) is 3. The van der Waals surface area contributed by atoms with Gasteiger partial charge in [0.2, 0.25) is 0 Å². The van der Waals surface area contributed by atoms with Gasteiger partial charge < -0.3 is 14.2 Å². The molecule has 0 N–H and O–H groups in total. The van der Waals surface area contributed by atoms with E-state index in [1.165, 1.54) is 27.4 Å². The Bertz CT molecular complexity index is 425. The largest absolute Gasteiger partial charge is 0.497 e. The quantitative estimate of drug-likeness (QED) is 0.441. The van der Waals surface area contributed by atoms with E-state index in [-0.39, 0.29) is 12.2 Å². The molecule has 1 aromatic rings. The van der Waals surface area contributed by atoms with Crippen LogP contribution in [0.15, 0.2) is 18.2 Å². The van der Waals surface area contributed by atoms with Crippen LogP contribution >= 0.6 is 0 Å². The van der Waals surface area contributed by atoms with Gasteiger partial charge in [0, 0.05) is 0 Å². The van der Waals surface area contributed by atoms with Crippen molar-refractivity contribution in [3.8, 4) is 11.5 Å². The van der Waals surface area contributed by atoms with Gasteiger partial charge in [-0.15, -0.1) is 0 Å². The maximum absolute atomic E-state index is 11.8. The van der Waals surface area contributed by atoms with Gasteiger partial charge in [0.25, 0.3) is 0 Å². The Balaban J connectivity index is 3.01. The van der Waals surface area contributed by atoms with Gasteiger partial charge in [0.1, 0.15) is 17.9 Å². The molecule has 0 saturated heterocycles. The molecule has 0 aliphatic carbocycles. The smallest absolute Gasteiger partial charge is 0.313 e. The van der Waals surface area contributed by atoms with E-state index < -0.39 is 5.97 Å². The lowest BCUT2D eigenvalue weighted by atomic mass is 10.1. The van der Waals surface area contributed by atoms with Crippen molar-refractivity contribution in [2.24, 2.45) is 0 Å². The molecule has 0 bridgehead atoms. The summed E-state index contributed by atoms with van der Waals surface area (Å²) >= 11 is 0. The van der Waals surface area contributed by atoms with Gasteiger partial charge in [-0.05, 0) is 18.2 Å². The molecular formula is C12H14O5. The van der Waals surface area contributed by atoms with Crippen molar-refractivity contribution in [1.29, 1.82) is 0 Å². The Morgan fingerprint density at radius 3 is 2.35 bits per heavy atom. The summed E-state index contributed by atoms with van der Waals surface area (Å²) in [5, 5.41) is 0. The highest BCUT2D eigenvalue weighted by Gasteiger charge is 2.17. The maximum Gasteiger partial charge on any atom is 0.313 e. The summed E-state index contributed by atoms with van der Waals surface area (Å²) in [6, 6.07) is 4.82. The summed E-state index contributed by atoms with van der Waals surface area (Å²) in [5.41, 5.74) is 0.303. The first-order chi connectivity index (χ1) is 8.12. The highest BCUT2D eigenvalue weighted by atomic mass is 16.5. The normalized spacial score (nSPS) is 9.59. The fourth-order valence-electron chi connectivity index (χ4n) is 1.33. The number of esters is 1. The second-order valence-electron chi connectivity index (χ2n) is 3.24. The van der Waals surface area contributed by atoms with Crippen molar-refractivity contribution < 1.29 is 23.8 Å². The molecular weight excluding hydrogens is 224 g/mol. The summed E-state index contributed by atoms with van der Waals surface area (Å²) in [4.78, 5) is 22.9. The van der Waals surface area contributed by atoms with E-state index in [4.69, 9.17) is 9.47 Å². The molecule has 5 heteroatoms. The molecule has 0 spiro atoms. The van der Waals surface area contributed by atoms with Crippen LogP contribution in [0.4, 0.5) is 0 Å². The Morgan fingerprint density at radius 1 is 1.12 bits per heavy atom. The third-order valence-corrected chi connectivity index (χ3v) is 2.24. The molecule has 0 aliphatic rings. The first kappa shape index (κ1) is 13.0. The first-order valence-corrected chi connectivity index (χ1v) is 4.94. The van der Waals surface area contributed by atoms with E-state index >= 15 is 0 Å². The molecule has 1 aromatic carbocycles. The van der Waals surface area contributed by atoms with Gasteiger partial charge in [-0.25, -0.2) is 0 Å². The lowest BCUT2D eigenvalue weighted by Gasteiger charge is -2.09. The predicted molar refractivity (Wildman–Crippen MR) is 60.5 cm³/mol. The van der Waals surface area contributed by atoms with Crippen molar-refractivity contribution >= 4 is 11.8 Å². The topological polar surface area (TPSA) is 61.8 Å². The van der Waals surface area contributed by atoms with Crippen LogP contribution in [0.3, 0.4) is 0 Å². The minimum absolute atomic E-state index is 0.303. The van der Waals surface area contributed by atoms with E-state index in [9.17, 15) is 9.59 Å². The maximum atomic E-state index is 11.8. The van der Waals surface area contributed by atoms with Crippen molar-refractivity contribution in [3.63, 3.8) is 0 Å². The van der Waals surface area contributed by atoms with Gasteiger partial charge in [-0.1, -0.05) is 0 Å². The van der Waals surface area contributed by atoms with Gasteiger partial charge in [-0.2, -0.15) is 0 Å². The van der Waals surface area contributed by atoms with E-state index in [1.807, 2.05) is 0 Å². The van der Waals surface area contributed by atoms with E-state index in [1.54, 1.807) is 12.1 Å². The molecule has 17 heavy (non-hydrogen) atoms. The van der Waals surface area contributed by atoms with E-state index in [0.717, 1.165) is 0 Å². The van der Waals surface area contributed by atoms with Gasteiger partial charge in [0.15, 0.2) is 5.78 Å². The first-order valence-electron chi connectivity index (χ1n) is 4.94. The SMILES string of the molecule is COC(=O)CC(=O)c1cc(OC)ccc1OC. The summed E-state index contributed by atoms with van der Waals surface area (Å²) in [6.07, 6.45) is -0.319. The highest BCUT2D eigenvalue weighted by Crippen LogP contribution is 2.25. The van der Waals surface area contributed by atoms with Crippen LogP contribution in [-0.4, -0.2) is 33.1 Å². The highest BCUT2D eigenvalue weighted by molar-refractivity contribution is 6.07. The number of benzene rings is 1. The van der Waals surface area contributed by atoms with Crippen LogP contribution < -0.4 is 9.47 Å². The van der Waals surface area contributed by atoms with Gasteiger partial charge in [0.05, 0.1) is 26.9 Å². The van der Waals surface area contributed by atoms with Crippen LogP contribution in [0.1, 0.15) is 16.8 Å². The van der Waals surface area contributed by atoms with Gasteiger partial charge in [-0.3, -0.25) is 9.59 Å². The molecule has 0 heterocycles. The number of carbonyl (C=O) groups excluding carboxylic acids is 2. The zero-order chi connectivity index (χ0) is 12.8. The fourth-order valence-corrected chi connectivity index (χ4v) is 1.33. The van der Waals surface area contributed by atoms with Crippen molar-refractivity contribution in [2.45, 2.75) is 6.42 Å². The number of carbonyl (C=O) groups is 2. The molecule has 0 aromatic heterocycles. The number of rotatable bonds is 5. The molecule has 1 rings (SSSR count). The van der Waals surface area contributed by atoms with Crippen LogP contribution in [0.5, 0.6) is 11.5 Å². The number of methoxy groups -OCH3 is 3. The van der Waals surface area contributed by atoms with Crippen LogP contribution in [0, 0.1) is 0 Å². The Kier molecular flexibility index (Phi) is 4.51. The molecule has 0 radical (unpaired) electrons. The average molecular weight is 238 g/mol. The van der Waals surface area contributed by atoms with Crippen molar-refractivity contribution in [3.05, 3.63) is 23.8 Å².